The molecule has 2 N–H and O–H groups in total. The number of hydrogen-bond donors (Lipinski definition) is 1. The number of halogens is 1. The van der Waals surface area contributed by atoms with Crippen LogP contribution in [0.15, 0.2) is 22.7 Å². The lowest BCUT2D eigenvalue weighted by molar-refractivity contribution is 0.232. The van der Waals surface area contributed by atoms with E-state index in [0.29, 0.717) is 5.92 Å². The molecule has 0 aliphatic rings. The smallest absolute Gasteiger partial charge is 0.135 e. The highest BCUT2D eigenvalue weighted by Gasteiger charge is 2.09. The maximum atomic E-state index is 5.84. The Hall–Kier alpha value is -0.700. The molecule has 1 aromatic rings. The molecular formula is C14H22BrNO. The van der Waals surface area contributed by atoms with Crippen molar-refractivity contribution >= 4 is 21.6 Å². The van der Waals surface area contributed by atoms with E-state index in [9.17, 15) is 0 Å². The third kappa shape index (κ3) is 4.58. The molecule has 0 aromatic heterocycles. The Morgan fingerprint density at radius 2 is 2.12 bits per heavy atom. The summed E-state index contributed by atoms with van der Waals surface area (Å²) in [5.74, 6) is 1.49. The normalized spacial score (nSPS) is 12.4. The number of hydrogen-bond acceptors (Lipinski definition) is 2. The molecule has 0 fully saturated rings. The Bertz CT molecular complexity index is 341. The van der Waals surface area contributed by atoms with Gasteiger partial charge in [0, 0.05) is 5.69 Å². The Kier molecular flexibility index (Phi) is 6.41. The molecule has 0 saturated carbocycles. The highest BCUT2D eigenvalue weighted by atomic mass is 79.9. The number of benzene rings is 1. The van der Waals surface area contributed by atoms with Crippen molar-refractivity contribution in [3.05, 3.63) is 22.7 Å². The van der Waals surface area contributed by atoms with Gasteiger partial charge in [-0.25, -0.2) is 0 Å². The topological polar surface area (TPSA) is 35.2 Å². The molecule has 1 aromatic carbocycles. The summed E-state index contributed by atoms with van der Waals surface area (Å²) < 4.78 is 6.71. The molecule has 1 unspecified atom stereocenters. The lowest BCUT2D eigenvalue weighted by Gasteiger charge is -2.16. The van der Waals surface area contributed by atoms with Gasteiger partial charge in [-0.2, -0.15) is 0 Å². The fourth-order valence-corrected chi connectivity index (χ4v) is 2.12. The van der Waals surface area contributed by atoms with Gasteiger partial charge in [0.1, 0.15) is 5.75 Å². The van der Waals surface area contributed by atoms with Gasteiger partial charge in [-0.05, 0) is 40.4 Å². The molecule has 1 atom stereocenters. The lowest BCUT2D eigenvalue weighted by Crippen LogP contribution is -2.11. The van der Waals surface area contributed by atoms with Crippen molar-refractivity contribution in [1.82, 2.24) is 0 Å². The van der Waals surface area contributed by atoms with Crippen molar-refractivity contribution in [2.24, 2.45) is 5.92 Å². The van der Waals surface area contributed by atoms with E-state index in [1.807, 2.05) is 18.2 Å². The minimum absolute atomic E-state index is 0.642. The Morgan fingerprint density at radius 1 is 1.35 bits per heavy atom. The Balaban J connectivity index is 2.50. The fourth-order valence-electron chi connectivity index (χ4n) is 1.74. The summed E-state index contributed by atoms with van der Waals surface area (Å²) in [4.78, 5) is 0. The number of nitrogen functional groups attached to an aromatic ring is 1. The largest absolute Gasteiger partial charge is 0.492 e. The molecule has 1 rings (SSSR count). The van der Waals surface area contributed by atoms with Gasteiger partial charge >= 0.3 is 0 Å². The van der Waals surface area contributed by atoms with Crippen LogP contribution >= 0.6 is 15.9 Å². The van der Waals surface area contributed by atoms with Gasteiger partial charge in [-0.3, -0.25) is 0 Å². The van der Waals surface area contributed by atoms with E-state index < -0.39 is 0 Å². The molecule has 0 saturated heterocycles. The number of anilines is 1. The molecule has 3 heteroatoms. The first-order valence-corrected chi connectivity index (χ1v) is 7.15. The van der Waals surface area contributed by atoms with Crippen LogP contribution in [0.5, 0.6) is 5.75 Å². The molecule has 0 bridgehead atoms. The third-order valence-corrected chi connectivity index (χ3v) is 3.86. The van der Waals surface area contributed by atoms with E-state index >= 15 is 0 Å². The van der Waals surface area contributed by atoms with Crippen molar-refractivity contribution in [2.75, 3.05) is 12.3 Å². The summed E-state index contributed by atoms with van der Waals surface area (Å²) in [6.07, 6.45) is 4.94. The van der Waals surface area contributed by atoms with Crippen molar-refractivity contribution in [3.63, 3.8) is 0 Å². The van der Waals surface area contributed by atoms with Crippen LogP contribution in [-0.2, 0) is 0 Å². The highest BCUT2D eigenvalue weighted by molar-refractivity contribution is 9.10. The average molecular weight is 300 g/mol. The standard InChI is InChI=1S/C14H22BrNO/c1-3-5-7-11(4-2)10-17-13-9-6-8-12(16)14(13)15/h6,8-9,11H,3-5,7,10,16H2,1-2H3. The van der Waals surface area contributed by atoms with Gasteiger partial charge < -0.3 is 10.5 Å². The van der Waals surface area contributed by atoms with Crippen molar-refractivity contribution in [3.8, 4) is 5.75 Å². The van der Waals surface area contributed by atoms with E-state index in [0.717, 1.165) is 22.5 Å². The summed E-state index contributed by atoms with van der Waals surface area (Å²) in [5, 5.41) is 0. The average Bonchev–Trinajstić information content (AvgIpc) is 2.34. The Labute approximate surface area is 113 Å². The van der Waals surface area contributed by atoms with E-state index in [2.05, 4.69) is 29.8 Å². The highest BCUT2D eigenvalue weighted by Crippen LogP contribution is 2.30. The minimum Gasteiger partial charge on any atom is -0.492 e. The SMILES string of the molecule is CCCCC(CC)COc1cccc(N)c1Br. The number of ether oxygens (including phenoxy) is 1. The van der Waals surface area contributed by atoms with Gasteiger partial charge in [0.25, 0.3) is 0 Å². The van der Waals surface area contributed by atoms with E-state index in [-0.39, 0.29) is 0 Å². The lowest BCUT2D eigenvalue weighted by atomic mass is 10.0. The summed E-state index contributed by atoms with van der Waals surface area (Å²) in [7, 11) is 0. The molecule has 0 amide bonds. The van der Waals surface area contributed by atoms with Crippen LogP contribution < -0.4 is 10.5 Å². The van der Waals surface area contributed by atoms with Crippen LogP contribution in [0.2, 0.25) is 0 Å². The predicted octanol–water partition coefficient (Wildman–Crippen LogP) is 4.63. The van der Waals surface area contributed by atoms with Gasteiger partial charge in [0.05, 0.1) is 11.1 Å². The quantitative estimate of drug-likeness (QED) is 0.745. The molecule has 17 heavy (non-hydrogen) atoms. The minimum atomic E-state index is 0.642. The first kappa shape index (κ1) is 14.4. The zero-order valence-corrected chi connectivity index (χ0v) is 12.3. The second-order valence-corrected chi connectivity index (χ2v) is 5.18. The van der Waals surface area contributed by atoms with Gasteiger partial charge in [-0.1, -0.05) is 39.2 Å². The molecular weight excluding hydrogens is 278 g/mol. The van der Waals surface area contributed by atoms with Crippen LogP contribution in [-0.4, -0.2) is 6.61 Å². The molecule has 0 heterocycles. The molecule has 0 radical (unpaired) electrons. The first-order chi connectivity index (χ1) is 8.19. The molecule has 2 nitrogen and oxygen atoms in total. The summed E-state index contributed by atoms with van der Waals surface area (Å²) in [6, 6.07) is 5.74. The number of unbranched alkanes of at least 4 members (excludes halogenated alkanes) is 1. The van der Waals surface area contributed by atoms with Crippen LogP contribution in [0.1, 0.15) is 39.5 Å². The third-order valence-electron chi connectivity index (χ3n) is 3.01. The molecule has 0 spiro atoms. The Morgan fingerprint density at radius 3 is 2.76 bits per heavy atom. The summed E-state index contributed by atoms with van der Waals surface area (Å²) in [6.45, 7) is 5.22. The molecule has 0 aliphatic carbocycles. The van der Waals surface area contributed by atoms with Crippen LogP contribution in [0, 0.1) is 5.92 Å². The van der Waals surface area contributed by atoms with Crippen molar-refractivity contribution in [2.45, 2.75) is 39.5 Å². The molecule has 96 valence electrons. The maximum Gasteiger partial charge on any atom is 0.135 e. The van der Waals surface area contributed by atoms with Gasteiger partial charge in [0.2, 0.25) is 0 Å². The number of nitrogens with two attached hydrogens (primary N) is 1. The number of rotatable bonds is 7. The van der Waals surface area contributed by atoms with Gasteiger partial charge in [-0.15, -0.1) is 0 Å². The fraction of sp³-hybridized carbons (Fsp3) is 0.571. The van der Waals surface area contributed by atoms with Crippen molar-refractivity contribution in [1.29, 1.82) is 0 Å². The van der Waals surface area contributed by atoms with Crippen LogP contribution in [0.25, 0.3) is 0 Å². The summed E-state index contributed by atoms with van der Waals surface area (Å²) in [5.41, 5.74) is 6.54. The maximum absolute atomic E-state index is 5.84. The second-order valence-electron chi connectivity index (χ2n) is 4.39. The van der Waals surface area contributed by atoms with Crippen LogP contribution in [0.4, 0.5) is 5.69 Å². The van der Waals surface area contributed by atoms with Crippen molar-refractivity contribution < 1.29 is 4.74 Å². The molecule has 0 aliphatic heterocycles. The van der Waals surface area contributed by atoms with E-state index in [1.165, 1.54) is 25.7 Å². The van der Waals surface area contributed by atoms with Crippen LogP contribution in [0.3, 0.4) is 0 Å². The van der Waals surface area contributed by atoms with E-state index in [4.69, 9.17) is 10.5 Å². The monoisotopic (exact) mass is 299 g/mol. The second kappa shape index (κ2) is 7.59. The summed E-state index contributed by atoms with van der Waals surface area (Å²) >= 11 is 3.45. The predicted molar refractivity (Wildman–Crippen MR) is 77.4 cm³/mol. The zero-order valence-electron chi connectivity index (χ0n) is 10.7. The van der Waals surface area contributed by atoms with E-state index in [1.54, 1.807) is 0 Å². The zero-order chi connectivity index (χ0) is 12.7. The van der Waals surface area contributed by atoms with Gasteiger partial charge in [0.15, 0.2) is 0 Å². The first-order valence-electron chi connectivity index (χ1n) is 6.35.